The number of ether oxygens (including phenoxy) is 2. The lowest BCUT2D eigenvalue weighted by Crippen LogP contribution is -1.98. The summed E-state index contributed by atoms with van der Waals surface area (Å²) in [5, 5.41) is 3.96. The Balaban J connectivity index is 1.77. The van der Waals surface area contributed by atoms with E-state index in [9.17, 15) is 0 Å². The van der Waals surface area contributed by atoms with Crippen LogP contribution in [0.1, 0.15) is 11.5 Å². The largest absolute Gasteiger partial charge is 0.493 e. The van der Waals surface area contributed by atoms with Crippen LogP contribution in [0.2, 0.25) is 0 Å². The molecule has 124 valence electrons. The van der Waals surface area contributed by atoms with Gasteiger partial charge in [0.1, 0.15) is 6.61 Å². The Morgan fingerprint density at radius 1 is 1.08 bits per heavy atom. The summed E-state index contributed by atoms with van der Waals surface area (Å²) >= 11 is 5.68. The SMILES string of the molecule is COc1cc(-c2noc(CCCl)n2)ccc1OCc1ccccc1. The fourth-order valence-corrected chi connectivity index (χ4v) is 2.38. The molecule has 3 aromatic rings. The predicted molar refractivity (Wildman–Crippen MR) is 91.5 cm³/mol. The Bertz CT molecular complexity index is 790. The fourth-order valence-electron chi connectivity index (χ4n) is 2.22. The van der Waals surface area contributed by atoms with Gasteiger partial charge in [0.15, 0.2) is 11.5 Å². The summed E-state index contributed by atoms with van der Waals surface area (Å²) in [6, 6.07) is 15.5. The highest BCUT2D eigenvalue weighted by Gasteiger charge is 2.12. The topological polar surface area (TPSA) is 57.4 Å². The molecule has 1 heterocycles. The van der Waals surface area contributed by atoms with Crippen LogP contribution in [-0.4, -0.2) is 23.1 Å². The van der Waals surface area contributed by atoms with Crippen molar-refractivity contribution < 1.29 is 14.0 Å². The minimum Gasteiger partial charge on any atom is -0.493 e. The van der Waals surface area contributed by atoms with Gasteiger partial charge >= 0.3 is 0 Å². The lowest BCUT2D eigenvalue weighted by Gasteiger charge is -2.11. The van der Waals surface area contributed by atoms with E-state index in [2.05, 4.69) is 10.1 Å². The van der Waals surface area contributed by atoms with E-state index in [4.69, 9.17) is 25.6 Å². The van der Waals surface area contributed by atoms with Gasteiger partial charge in [0.05, 0.1) is 7.11 Å². The smallest absolute Gasteiger partial charge is 0.228 e. The minimum atomic E-state index is 0.442. The molecule has 3 rings (SSSR count). The number of aromatic nitrogens is 2. The Kier molecular flexibility index (Phi) is 5.33. The summed E-state index contributed by atoms with van der Waals surface area (Å²) in [6.45, 7) is 0.471. The van der Waals surface area contributed by atoms with Crippen molar-refractivity contribution in [2.24, 2.45) is 0 Å². The molecule has 0 N–H and O–H groups in total. The van der Waals surface area contributed by atoms with E-state index >= 15 is 0 Å². The van der Waals surface area contributed by atoms with Crippen molar-refractivity contribution in [3.05, 3.63) is 60.0 Å². The van der Waals surface area contributed by atoms with E-state index in [0.29, 0.717) is 42.1 Å². The Labute approximate surface area is 145 Å². The molecule has 0 amide bonds. The monoisotopic (exact) mass is 344 g/mol. The lowest BCUT2D eigenvalue weighted by atomic mass is 10.2. The maximum atomic E-state index is 5.84. The number of halogens is 1. The van der Waals surface area contributed by atoms with Crippen LogP contribution in [-0.2, 0) is 13.0 Å². The zero-order valence-corrected chi connectivity index (χ0v) is 14.0. The first kappa shape index (κ1) is 16.3. The summed E-state index contributed by atoms with van der Waals surface area (Å²) in [5.74, 6) is 2.74. The van der Waals surface area contributed by atoms with Crippen LogP contribution in [0.5, 0.6) is 11.5 Å². The molecule has 0 radical (unpaired) electrons. The summed E-state index contributed by atoms with van der Waals surface area (Å²) in [5.41, 5.74) is 1.89. The molecule has 0 bridgehead atoms. The van der Waals surface area contributed by atoms with E-state index in [-0.39, 0.29) is 0 Å². The van der Waals surface area contributed by atoms with E-state index in [1.807, 2.05) is 48.5 Å². The number of benzene rings is 2. The number of rotatable bonds is 7. The highest BCUT2D eigenvalue weighted by atomic mass is 35.5. The van der Waals surface area contributed by atoms with Gasteiger partial charge in [-0.05, 0) is 23.8 Å². The normalized spacial score (nSPS) is 10.6. The fraction of sp³-hybridized carbons (Fsp3) is 0.222. The van der Waals surface area contributed by atoms with E-state index in [1.165, 1.54) is 0 Å². The average molecular weight is 345 g/mol. The zero-order valence-electron chi connectivity index (χ0n) is 13.2. The van der Waals surface area contributed by atoms with E-state index in [1.54, 1.807) is 7.11 Å². The van der Waals surface area contributed by atoms with Gasteiger partial charge in [-0.15, -0.1) is 11.6 Å². The number of alkyl halides is 1. The summed E-state index contributed by atoms with van der Waals surface area (Å²) in [4.78, 5) is 4.31. The number of nitrogens with zero attached hydrogens (tertiary/aromatic N) is 2. The third-order valence-corrected chi connectivity index (χ3v) is 3.62. The molecule has 2 aromatic carbocycles. The van der Waals surface area contributed by atoms with Crippen molar-refractivity contribution in [3.63, 3.8) is 0 Å². The summed E-state index contributed by atoms with van der Waals surface area (Å²) in [7, 11) is 1.60. The Morgan fingerprint density at radius 3 is 2.67 bits per heavy atom. The number of methoxy groups -OCH3 is 1. The predicted octanol–water partition coefficient (Wildman–Crippen LogP) is 4.11. The number of aryl methyl sites for hydroxylation is 1. The third-order valence-electron chi connectivity index (χ3n) is 3.44. The molecule has 0 unspecified atom stereocenters. The second-order valence-corrected chi connectivity index (χ2v) is 5.47. The molecule has 0 aliphatic heterocycles. The van der Waals surface area contributed by atoms with Crippen molar-refractivity contribution in [3.8, 4) is 22.9 Å². The first-order valence-corrected chi connectivity index (χ1v) is 8.07. The first-order chi connectivity index (χ1) is 11.8. The molecule has 0 aliphatic carbocycles. The quantitative estimate of drug-likeness (QED) is 0.604. The second-order valence-electron chi connectivity index (χ2n) is 5.09. The third kappa shape index (κ3) is 3.86. The van der Waals surface area contributed by atoms with Crippen LogP contribution in [0.3, 0.4) is 0 Å². The van der Waals surface area contributed by atoms with Crippen molar-refractivity contribution in [2.75, 3.05) is 13.0 Å². The lowest BCUT2D eigenvalue weighted by molar-refractivity contribution is 0.284. The van der Waals surface area contributed by atoms with Gasteiger partial charge in [-0.2, -0.15) is 4.98 Å². The van der Waals surface area contributed by atoms with Gasteiger partial charge in [-0.3, -0.25) is 0 Å². The standard InChI is InChI=1S/C18H17ClN2O3/c1-22-16-11-14(18-20-17(9-10-19)24-21-18)7-8-15(16)23-12-13-5-3-2-4-6-13/h2-8,11H,9-10,12H2,1H3. The molecule has 6 heteroatoms. The molecular weight excluding hydrogens is 328 g/mol. The maximum absolute atomic E-state index is 5.84. The van der Waals surface area contributed by atoms with Crippen molar-refractivity contribution >= 4 is 11.6 Å². The van der Waals surface area contributed by atoms with Crippen LogP contribution in [0.15, 0.2) is 53.1 Å². The molecule has 0 aliphatic rings. The van der Waals surface area contributed by atoms with Crippen molar-refractivity contribution in [1.29, 1.82) is 0 Å². The molecule has 0 saturated heterocycles. The number of hydrogen-bond donors (Lipinski definition) is 0. The second kappa shape index (κ2) is 7.84. The van der Waals surface area contributed by atoms with E-state index in [0.717, 1.165) is 11.1 Å². The van der Waals surface area contributed by atoms with Crippen molar-refractivity contribution in [1.82, 2.24) is 10.1 Å². The van der Waals surface area contributed by atoms with Crippen LogP contribution in [0, 0.1) is 0 Å². The van der Waals surface area contributed by atoms with E-state index < -0.39 is 0 Å². The van der Waals surface area contributed by atoms with Gasteiger partial charge in [0.25, 0.3) is 0 Å². The van der Waals surface area contributed by atoms with Gasteiger partial charge < -0.3 is 14.0 Å². The van der Waals surface area contributed by atoms with Crippen molar-refractivity contribution in [2.45, 2.75) is 13.0 Å². The van der Waals surface area contributed by atoms with Gasteiger partial charge in [-0.1, -0.05) is 35.5 Å². The molecule has 0 atom stereocenters. The minimum absolute atomic E-state index is 0.442. The Morgan fingerprint density at radius 2 is 1.92 bits per heavy atom. The Hall–Kier alpha value is -2.53. The van der Waals surface area contributed by atoms with Gasteiger partial charge in [0.2, 0.25) is 11.7 Å². The summed E-state index contributed by atoms with van der Waals surface area (Å²) in [6.07, 6.45) is 0.546. The summed E-state index contributed by atoms with van der Waals surface area (Å²) < 4.78 is 16.4. The van der Waals surface area contributed by atoms with Crippen LogP contribution in [0.25, 0.3) is 11.4 Å². The van der Waals surface area contributed by atoms with Gasteiger partial charge in [-0.25, -0.2) is 0 Å². The molecule has 1 aromatic heterocycles. The van der Waals surface area contributed by atoms with Crippen LogP contribution >= 0.6 is 11.6 Å². The number of hydrogen-bond acceptors (Lipinski definition) is 5. The highest BCUT2D eigenvalue weighted by Crippen LogP contribution is 2.32. The van der Waals surface area contributed by atoms with Crippen LogP contribution < -0.4 is 9.47 Å². The highest BCUT2D eigenvalue weighted by molar-refractivity contribution is 6.17. The maximum Gasteiger partial charge on any atom is 0.228 e. The zero-order chi connectivity index (χ0) is 16.8. The molecule has 0 saturated carbocycles. The molecule has 5 nitrogen and oxygen atoms in total. The van der Waals surface area contributed by atoms with Crippen LogP contribution in [0.4, 0.5) is 0 Å². The first-order valence-electron chi connectivity index (χ1n) is 7.54. The molecule has 0 spiro atoms. The molecule has 0 fully saturated rings. The molecule has 24 heavy (non-hydrogen) atoms. The average Bonchev–Trinajstić information content (AvgIpc) is 3.10. The molecular formula is C18H17ClN2O3. The van der Waals surface area contributed by atoms with Gasteiger partial charge in [0, 0.05) is 17.9 Å².